The quantitative estimate of drug-likeness (QED) is 0.302. The molecule has 8 heteroatoms. The molecule has 4 aromatic rings. The number of amides is 1. The lowest BCUT2D eigenvalue weighted by molar-refractivity contribution is -0.127. The third-order valence-corrected chi connectivity index (χ3v) is 6.49. The molecule has 2 fully saturated rings. The van der Waals surface area contributed by atoms with E-state index >= 15 is 0 Å². The molecule has 0 radical (unpaired) electrons. The number of aromatic nitrogens is 4. The summed E-state index contributed by atoms with van der Waals surface area (Å²) in [5.41, 5.74) is 3.38. The monoisotopic (exact) mass is 467 g/mol. The van der Waals surface area contributed by atoms with Crippen molar-refractivity contribution in [3.05, 3.63) is 79.3 Å². The maximum atomic E-state index is 12.3. The van der Waals surface area contributed by atoms with E-state index in [9.17, 15) is 4.79 Å². The zero-order valence-corrected chi connectivity index (χ0v) is 19.2. The molecule has 2 aliphatic heterocycles. The molecule has 2 aromatic carbocycles. The molecule has 0 bridgehead atoms. The minimum absolute atomic E-state index is 0.0208. The number of para-hydroxylation sites is 1. The number of nitrogens with zero attached hydrogens (tertiary/aromatic N) is 5. The van der Waals surface area contributed by atoms with Crippen LogP contribution in [0.25, 0.3) is 22.3 Å². The van der Waals surface area contributed by atoms with E-state index < -0.39 is 0 Å². The summed E-state index contributed by atoms with van der Waals surface area (Å²) in [6, 6.07) is 17.6. The summed E-state index contributed by atoms with van der Waals surface area (Å²) in [5.74, 6) is 1.48. The predicted molar refractivity (Wildman–Crippen MR) is 131 cm³/mol. The van der Waals surface area contributed by atoms with Gasteiger partial charge < -0.3 is 14.4 Å². The van der Waals surface area contributed by atoms with Crippen molar-refractivity contribution in [3.63, 3.8) is 0 Å². The molecule has 2 unspecified atom stereocenters. The number of carbonyl (C=O) groups excluding carboxylic acids is 1. The van der Waals surface area contributed by atoms with Crippen molar-refractivity contribution in [1.29, 1.82) is 0 Å². The molecule has 2 aromatic heterocycles. The van der Waals surface area contributed by atoms with Crippen LogP contribution in [0.4, 0.5) is 0 Å². The molecule has 2 saturated heterocycles. The van der Waals surface area contributed by atoms with Crippen LogP contribution in [0, 0.1) is 0 Å². The van der Waals surface area contributed by atoms with E-state index in [-0.39, 0.29) is 18.1 Å². The summed E-state index contributed by atoms with van der Waals surface area (Å²) in [5, 5.41) is 5.94. The Morgan fingerprint density at radius 2 is 1.86 bits per heavy atom. The second-order valence-electron chi connectivity index (χ2n) is 8.80. The van der Waals surface area contributed by atoms with Gasteiger partial charge in [0.2, 0.25) is 5.91 Å². The lowest BCUT2D eigenvalue weighted by Crippen LogP contribution is -2.40. The van der Waals surface area contributed by atoms with Gasteiger partial charge in [0, 0.05) is 18.7 Å². The van der Waals surface area contributed by atoms with Crippen molar-refractivity contribution in [2.75, 3.05) is 19.7 Å². The molecule has 0 aliphatic carbocycles. The molecule has 1 amide bonds. The van der Waals surface area contributed by atoms with E-state index in [1.54, 1.807) is 6.33 Å². The largest absolute Gasteiger partial charge is 0.457 e. The van der Waals surface area contributed by atoms with Crippen molar-refractivity contribution in [2.45, 2.75) is 25.0 Å². The summed E-state index contributed by atoms with van der Waals surface area (Å²) in [7, 11) is 0. The van der Waals surface area contributed by atoms with E-state index in [1.165, 1.54) is 6.08 Å². The normalized spacial score (nSPS) is 19.5. The Kier molecular flexibility index (Phi) is 5.50. The van der Waals surface area contributed by atoms with Crippen LogP contribution in [-0.2, 0) is 9.53 Å². The van der Waals surface area contributed by atoms with Gasteiger partial charge in [-0.25, -0.2) is 14.6 Å². The molecule has 4 heterocycles. The fourth-order valence-corrected chi connectivity index (χ4v) is 4.69. The number of epoxide rings is 1. The first-order valence-electron chi connectivity index (χ1n) is 11.8. The van der Waals surface area contributed by atoms with Crippen LogP contribution in [0.2, 0.25) is 0 Å². The van der Waals surface area contributed by atoms with E-state index in [4.69, 9.17) is 14.6 Å². The van der Waals surface area contributed by atoms with Gasteiger partial charge in [-0.1, -0.05) is 24.8 Å². The average molecular weight is 468 g/mol. The molecule has 0 saturated carbocycles. The van der Waals surface area contributed by atoms with Gasteiger partial charge in [0.15, 0.2) is 5.65 Å². The summed E-state index contributed by atoms with van der Waals surface area (Å²) >= 11 is 0. The lowest BCUT2D eigenvalue weighted by Gasteiger charge is -2.32. The SMILES string of the molecule is C=CC(=O)N1CCCC(n2nc(-c3ccc(Oc4ccccc4)cc3)c3c(C4CO4)ncnc32)C1. The molecule has 176 valence electrons. The van der Waals surface area contributed by atoms with Crippen molar-refractivity contribution in [3.8, 4) is 22.8 Å². The third-order valence-electron chi connectivity index (χ3n) is 6.49. The van der Waals surface area contributed by atoms with Gasteiger partial charge in [-0.15, -0.1) is 0 Å². The molecule has 35 heavy (non-hydrogen) atoms. The predicted octanol–water partition coefficient (Wildman–Crippen LogP) is 4.71. The van der Waals surface area contributed by atoms with E-state index in [2.05, 4.69) is 16.5 Å². The number of piperidine rings is 1. The highest BCUT2D eigenvalue weighted by atomic mass is 16.6. The first-order valence-corrected chi connectivity index (χ1v) is 11.8. The summed E-state index contributed by atoms with van der Waals surface area (Å²) in [6.45, 7) is 5.59. The number of hydrogen-bond donors (Lipinski definition) is 0. The summed E-state index contributed by atoms with van der Waals surface area (Å²) in [6.07, 6.45) is 4.73. The highest BCUT2D eigenvalue weighted by molar-refractivity contribution is 5.93. The highest BCUT2D eigenvalue weighted by Gasteiger charge is 2.33. The van der Waals surface area contributed by atoms with Crippen molar-refractivity contribution in [2.24, 2.45) is 0 Å². The summed E-state index contributed by atoms with van der Waals surface area (Å²) in [4.78, 5) is 23.3. The highest BCUT2D eigenvalue weighted by Crippen LogP contribution is 2.39. The minimum atomic E-state index is -0.0536. The van der Waals surface area contributed by atoms with Crippen LogP contribution >= 0.6 is 0 Å². The maximum absolute atomic E-state index is 12.3. The maximum Gasteiger partial charge on any atom is 0.246 e. The first kappa shape index (κ1) is 21.5. The Morgan fingerprint density at radius 3 is 2.60 bits per heavy atom. The fraction of sp³-hybridized carbons (Fsp3) is 0.259. The lowest BCUT2D eigenvalue weighted by atomic mass is 10.1. The molecule has 8 nitrogen and oxygen atoms in total. The Labute approximate surface area is 202 Å². The molecule has 2 aliphatic rings. The number of benzene rings is 2. The van der Waals surface area contributed by atoms with Gasteiger partial charge in [0.1, 0.15) is 29.6 Å². The van der Waals surface area contributed by atoms with Crippen LogP contribution in [0.15, 0.2) is 73.6 Å². The number of hydrogen-bond acceptors (Lipinski definition) is 6. The van der Waals surface area contributed by atoms with E-state index in [1.807, 2.05) is 64.2 Å². The van der Waals surface area contributed by atoms with E-state index in [0.717, 1.165) is 58.9 Å². The number of likely N-dealkylation sites (tertiary alicyclic amines) is 1. The topological polar surface area (TPSA) is 85.7 Å². The van der Waals surface area contributed by atoms with Gasteiger partial charge >= 0.3 is 0 Å². The Morgan fingerprint density at radius 1 is 1.09 bits per heavy atom. The van der Waals surface area contributed by atoms with Crippen molar-refractivity contribution < 1.29 is 14.3 Å². The minimum Gasteiger partial charge on any atom is -0.457 e. The van der Waals surface area contributed by atoms with Crippen molar-refractivity contribution in [1.82, 2.24) is 24.6 Å². The zero-order valence-electron chi connectivity index (χ0n) is 19.2. The van der Waals surface area contributed by atoms with E-state index in [0.29, 0.717) is 13.2 Å². The number of fused-ring (bicyclic) bond motifs is 1. The third kappa shape index (κ3) is 4.17. The van der Waals surface area contributed by atoms with Crippen LogP contribution in [-0.4, -0.2) is 50.3 Å². The molecule has 0 spiro atoms. The zero-order chi connectivity index (χ0) is 23.8. The summed E-state index contributed by atoms with van der Waals surface area (Å²) < 4.78 is 13.5. The average Bonchev–Trinajstić information content (AvgIpc) is 3.69. The molecule has 6 rings (SSSR count). The van der Waals surface area contributed by atoms with Gasteiger partial charge in [0.05, 0.1) is 23.7 Å². The second-order valence-corrected chi connectivity index (χ2v) is 8.80. The van der Waals surface area contributed by atoms with Crippen LogP contribution < -0.4 is 4.74 Å². The molecular weight excluding hydrogens is 442 g/mol. The van der Waals surface area contributed by atoms with Crippen LogP contribution in [0.5, 0.6) is 11.5 Å². The molecular formula is C27H25N5O3. The van der Waals surface area contributed by atoms with Gasteiger partial charge in [0.25, 0.3) is 0 Å². The number of ether oxygens (including phenoxy) is 2. The Bertz CT molecular complexity index is 1380. The fourth-order valence-electron chi connectivity index (χ4n) is 4.69. The van der Waals surface area contributed by atoms with Crippen molar-refractivity contribution >= 4 is 16.9 Å². The second kappa shape index (κ2) is 8.96. The van der Waals surface area contributed by atoms with Gasteiger partial charge in [-0.2, -0.15) is 5.10 Å². The Hall–Kier alpha value is -4.04. The first-order chi connectivity index (χ1) is 17.2. The van der Waals surface area contributed by atoms with Crippen LogP contribution in [0.1, 0.15) is 30.7 Å². The molecule has 0 N–H and O–H groups in total. The standard InChI is InChI=1S/C27H25N5O3/c1-2-23(33)31-14-6-7-19(15-31)32-27-24(26(22-16-34-22)28-17-29-27)25(30-32)18-10-12-21(13-11-18)35-20-8-4-3-5-9-20/h2-5,8-13,17,19,22H,1,6-7,14-16H2. The van der Waals surface area contributed by atoms with Crippen LogP contribution in [0.3, 0.4) is 0 Å². The van der Waals surface area contributed by atoms with Gasteiger partial charge in [-0.05, 0) is 55.3 Å². The Balaban J connectivity index is 1.39. The number of carbonyl (C=O) groups is 1. The number of rotatable bonds is 6. The molecule has 2 atom stereocenters. The smallest absolute Gasteiger partial charge is 0.246 e. The van der Waals surface area contributed by atoms with Gasteiger partial charge in [-0.3, -0.25) is 4.79 Å².